The Hall–Kier alpha value is -2.80. The maximum atomic E-state index is 11.3. The average Bonchev–Trinajstić information content (AvgIpc) is 2.74. The molecule has 0 aliphatic rings. The van der Waals surface area contributed by atoms with Crippen molar-refractivity contribution in [3.8, 4) is 28.6 Å². The van der Waals surface area contributed by atoms with Crippen LogP contribution in [0.25, 0.3) is 11.1 Å². The van der Waals surface area contributed by atoms with Gasteiger partial charge < -0.3 is 20.3 Å². The van der Waals surface area contributed by atoms with Crippen molar-refractivity contribution in [3.05, 3.63) is 69.7 Å². The fraction of sp³-hybridized carbons (Fsp3) is 0.217. The fourth-order valence-electron chi connectivity index (χ4n) is 2.99. The smallest absolute Gasteiger partial charge is 0.344 e. The zero-order valence-corrected chi connectivity index (χ0v) is 18.6. The first-order valence-corrected chi connectivity index (χ1v) is 10.4. The SMILES string of the molecule is CCC(Oc1nc(Oc2cc(C)cc(-c3cccc(CN)c3)c2)c(Cl)cc1Cl)C(=O)O. The number of aliphatic carboxylic acids is 1. The number of nitrogens with two attached hydrogens (primary N) is 1. The van der Waals surface area contributed by atoms with Gasteiger partial charge in [0.25, 0.3) is 0 Å². The van der Waals surface area contributed by atoms with Crippen molar-refractivity contribution in [3.63, 3.8) is 0 Å². The molecule has 8 heteroatoms. The van der Waals surface area contributed by atoms with Crippen LogP contribution in [0, 0.1) is 6.92 Å². The number of pyridine rings is 1. The van der Waals surface area contributed by atoms with Gasteiger partial charge in [0.15, 0.2) is 6.10 Å². The van der Waals surface area contributed by atoms with Crippen molar-refractivity contribution in [2.24, 2.45) is 5.73 Å². The van der Waals surface area contributed by atoms with Crippen LogP contribution in [0.3, 0.4) is 0 Å². The van der Waals surface area contributed by atoms with E-state index in [4.69, 9.17) is 38.4 Å². The lowest BCUT2D eigenvalue weighted by Crippen LogP contribution is -2.26. The zero-order valence-electron chi connectivity index (χ0n) is 17.1. The summed E-state index contributed by atoms with van der Waals surface area (Å²) in [5, 5.41) is 9.50. The first-order valence-electron chi connectivity index (χ1n) is 9.65. The molecule has 3 N–H and O–H groups in total. The summed E-state index contributed by atoms with van der Waals surface area (Å²) in [6.07, 6.45) is -0.839. The highest BCUT2D eigenvalue weighted by Gasteiger charge is 2.21. The van der Waals surface area contributed by atoms with E-state index in [1.807, 2.05) is 49.4 Å². The van der Waals surface area contributed by atoms with Crippen molar-refractivity contribution in [1.29, 1.82) is 0 Å². The van der Waals surface area contributed by atoms with Gasteiger partial charge in [-0.2, -0.15) is 4.98 Å². The fourth-order valence-corrected chi connectivity index (χ4v) is 3.44. The second-order valence-corrected chi connectivity index (χ2v) is 7.77. The Morgan fingerprint density at radius 2 is 1.84 bits per heavy atom. The van der Waals surface area contributed by atoms with Crippen LogP contribution in [0.5, 0.6) is 17.5 Å². The molecule has 31 heavy (non-hydrogen) atoms. The molecule has 3 rings (SSSR count). The summed E-state index contributed by atoms with van der Waals surface area (Å²) in [5.74, 6) is -0.589. The summed E-state index contributed by atoms with van der Waals surface area (Å²) in [4.78, 5) is 15.5. The van der Waals surface area contributed by atoms with Gasteiger partial charge in [-0.25, -0.2) is 4.79 Å². The minimum atomic E-state index is -1.11. The number of carboxylic acid groups (broad SMARTS) is 1. The van der Waals surface area contributed by atoms with Gasteiger partial charge in [0.05, 0.1) is 0 Å². The van der Waals surface area contributed by atoms with Crippen LogP contribution in [-0.4, -0.2) is 22.2 Å². The van der Waals surface area contributed by atoms with E-state index in [1.54, 1.807) is 6.92 Å². The molecule has 1 heterocycles. The zero-order chi connectivity index (χ0) is 22.5. The van der Waals surface area contributed by atoms with Gasteiger partial charge in [-0.05, 0) is 59.9 Å². The lowest BCUT2D eigenvalue weighted by Gasteiger charge is -2.15. The van der Waals surface area contributed by atoms with Crippen molar-refractivity contribution in [2.45, 2.75) is 32.9 Å². The van der Waals surface area contributed by atoms with Crippen molar-refractivity contribution in [2.75, 3.05) is 0 Å². The third-order valence-electron chi connectivity index (χ3n) is 4.53. The average molecular weight is 461 g/mol. The number of rotatable bonds is 8. The van der Waals surface area contributed by atoms with E-state index in [9.17, 15) is 9.90 Å². The molecule has 0 aliphatic carbocycles. The number of ether oxygens (including phenoxy) is 2. The second kappa shape index (κ2) is 10.0. The molecule has 6 nitrogen and oxygen atoms in total. The normalized spacial score (nSPS) is 11.8. The summed E-state index contributed by atoms with van der Waals surface area (Å²) < 4.78 is 11.4. The predicted molar refractivity (Wildman–Crippen MR) is 121 cm³/mol. The Morgan fingerprint density at radius 1 is 1.10 bits per heavy atom. The molecule has 0 amide bonds. The van der Waals surface area contributed by atoms with E-state index < -0.39 is 12.1 Å². The maximum absolute atomic E-state index is 11.3. The van der Waals surface area contributed by atoms with E-state index in [-0.39, 0.29) is 28.2 Å². The van der Waals surface area contributed by atoms with Crippen molar-refractivity contribution >= 4 is 29.2 Å². The number of carboxylic acids is 1. The van der Waals surface area contributed by atoms with E-state index in [2.05, 4.69) is 4.98 Å². The Morgan fingerprint density at radius 3 is 2.52 bits per heavy atom. The van der Waals surface area contributed by atoms with Crippen LogP contribution in [0.4, 0.5) is 0 Å². The molecule has 0 bridgehead atoms. The molecule has 162 valence electrons. The number of hydrogen-bond acceptors (Lipinski definition) is 5. The first kappa shape index (κ1) is 22.9. The molecule has 0 fully saturated rings. The lowest BCUT2D eigenvalue weighted by atomic mass is 10.0. The molecule has 2 aromatic carbocycles. The molecule has 1 atom stereocenters. The summed E-state index contributed by atoms with van der Waals surface area (Å²) in [5.41, 5.74) is 9.71. The molecule has 0 saturated carbocycles. The first-order chi connectivity index (χ1) is 14.8. The van der Waals surface area contributed by atoms with E-state index in [1.165, 1.54) is 6.07 Å². The standard InChI is InChI=1S/C23H22Cl2N2O4/c1-3-20(23(28)29)31-22-19(25)11-18(24)21(27-22)30-17-8-13(2)7-16(10-17)15-6-4-5-14(9-15)12-26/h4-11,20H,3,12,26H2,1-2H3,(H,28,29). The molecular weight excluding hydrogens is 439 g/mol. The number of carbonyl (C=O) groups is 1. The van der Waals surface area contributed by atoms with Crippen LogP contribution < -0.4 is 15.2 Å². The number of halogens is 2. The highest BCUT2D eigenvalue weighted by Crippen LogP contribution is 2.36. The van der Waals surface area contributed by atoms with Crippen LogP contribution in [-0.2, 0) is 11.3 Å². The van der Waals surface area contributed by atoms with Gasteiger partial charge >= 0.3 is 5.97 Å². The third kappa shape index (κ3) is 5.67. The minimum absolute atomic E-state index is 0.0566. The third-order valence-corrected chi connectivity index (χ3v) is 5.07. The van der Waals surface area contributed by atoms with E-state index in [0.717, 1.165) is 22.3 Å². The summed E-state index contributed by atoms with van der Waals surface area (Å²) >= 11 is 12.4. The quantitative estimate of drug-likeness (QED) is 0.437. The Balaban J connectivity index is 1.94. The number of aryl methyl sites for hydroxylation is 1. The van der Waals surface area contributed by atoms with Crippen molar-refractivity contribution < 1.29 is 19.4 Å². The molecule has 0 radical (unpaired) electrons. The predicted octanol–water partition coefficient (Wildman–Crippen LogP) is 5.86. The van der Waals surface area contributed by atoms with Crippen LogP contribution >= 0.6 is 23.2 Å². The van der Waals surface area contributed by atoms with Gasteiger partial charge in [-0.3, -0.25) is 0 Å². The van der Waals surface area contributed by atoms with Gasteiger partial charge in [-0.15, -0.1) is 0 Å². The monoisotopic (exact) mass is 460 g/mol. The number of aromatic nitrogens is 1. The number of benzene rings is 2. The molecule has 0 saturated heterocycles. The maximum Gasteiger partial charge on any atom is 0.344 e. The Bertz CT molecular complexity index is 1100. The van der Waals surface area contributed by atoms with Gasteiger partial charge in [-0.1, -0.05) is 54.4 Å². The second-order valence-electron chi connectivity index (χ2n) is 6.96. The Labute approximate surface area is 190 Å². The van der Waals surface area contributed by atoms with Crippen LogP contribution in [0.15, 0.2) is 48.5 Å². The van der Waals surface area contributed by atoms with Gasteiger partial charge in [0.1, 0.15) is 15.8 Å². The summed E-state index contributed by atoms with van der Waals surface area (Å²) in [6.45, 7) is 4.09. The molecule has 1 aromatic heterocycles. The Kier molecular flexibility index (Phi) is 7.38. The van der Waals surface area contributed by atoms with Crippen LogP contribution in [0.1, 0.15) is 24.5 Å². The minimum Gasteiger partial charge on any atom is -0.479 e. The summed E-state index contributed by atoms with van der Waals surface area (Å²) in [7, 11) is 0. The molecule has 1 unspecified atom stereocenters. The van der Waals surface area contributed by atoms with E-state index in [0.29, 0.717) is 12.3 Å². The van der Waals surface area contributed by atoms with Crippen molar-refractivity contribution in [1.82, 2.24) is 4.98 Å². The molecule has 0 spiro atoms. The largest absolute Gasteiger partial charge is 0.479 e. The van der Waals surface area contributed by atoms with Gasteiger partial charge in [0.2, 0.25) is 11.8 Å². The summed E-state index contributed by atoms with van der Waals surface area (Å²) in [6, 6.07) is 15.1. The molecular formula is C23H22Cl2N2O4. The topological polar surface area (TPSA) is 94.7 Å². The molecule has 3 aromatic rings. The van der Waals surface area contributed by atoms with Crippen LogP contribution in [0.2, 0.25) is 10.0 Å². The highest BCUT2D eigenvalue weighted by molar-refractivity contribution is 6.36. The van der Waals surface area contributed by atoms with E-state index >= 15 is 0 Å². The van der Waals surface area contributed by atoms with Gasteiger partial charge in [0, 0.05) is 6.54 Å². The lowest BCUT2D eigenvalue weighted by molar-refractivity contribution is -0.145. The highest BCUT2D eigenvalue weighted by atomic mass is 35.5. The number of hydrogen-bond donors (Lipinski definition) is 2. The molecule has 0 aliphatic heterocycles. The number of nitrogens with zero attached hydrogens (tertiary/aromatic N) is 1.